The van der Waals surface area contributed by atoms with Crippen LogP contribution in [0, 0.1) is 5.82 Å². The Kier molecular flexibility index (Phi) is 3.81. The van der Waals surface area contributed by atoms with Crippen LogP contribution in [0.3, 0.4) is 0 Å². The Hall–Kier alpha value is -1.71. The number of ether oxygens (including phenoxy) is 1. The van der Waals surface area contributed by atoms with E-state index in [1.165, 1.54) is 17.2 Å². The molecule has 1 aliphatic rings. The van der Waals surface area contributed by atoms with Gasteiger partial charge in [0.15, 0.2) is 0 Å². The lowest BCUT2D eigenvalue weighted by Crippen LogP contribution is -2.23. The quantitative estimate of drug-likeness (QED) is 0.918. The second kappa shape index (κ2) is 5.73. The smallest absolute Gasteiger partial charge is 0.128 e. The summed E-state index contributed by atoms with van der Waals surface area (Å²) >= 11 is 0. The molecule has 1 N–H and O–H groups in total. The molecule has 0 aromatic heterocycles. The predicted molar refractivity (Wildman–Crippen MR) is 76.9 cm³/mol. The Morgan fingerprint density at radius 3 is 2.75 bits per heavy atom. The van der Waals surface area contributed by atoms with E-state index in [2.05, 4.69) is 23.5 Å². The third-order valence-corrected chi connectivity index (χ3v) is 3.70. The third kappa shape index (κ3) is 2.47. The average Bonchev–Trinajstić information content (AvgIpc) is 2.93. The fourth-order valence-electron chi connectivity index (χ4n) is 2.69. The van der Waals surface area contributed by atoms with Crippen molar-refractivity contribution in [2.45, 2.75) is 26.2 Å². The van der Waals surface area contributed by atoms with E-state index in [1.807, 2.05) is 19.1 Å². The van der Waals surface area contributed by atoms with Crippen LogP contribution >= 0.6 is 0 Å². The minimum atomic E-state index is -0.171. The Labute approximate surface area is 118 Å². The number of benzene rings is 2. The van der Waals surface area contributed by atoms with Gasteiger partial charge < -0.3 is 10.1 Å². The number of rotatable bonds is 4. The lowest BCUT2D eigenvalue weighted by molar-refractivity contribution is 0.134. The molecule has 2 nitrogen and oxygen atoms in total. The standard InChI is InChI=1S/C17H18FNO/c1-2-19-17(15-5-3-4-6-16(15)18)12-7-8-13-10-20-11-14(13)9-12/h3-9,17,19H,2,10-11H2,1H3. The first kappa shape index (κ1) is 13.3. The van der Waals surface area contributed by atoms with Crippen LogP contribution in [0.2, 0.25) is 0 Å². The van der Waals surface area contributed by atoms with Crippen molar-refractivity contribution in [2.24, 2.45) is 0 Å². The lowest BCUT2D eigenvalue weighted by atomic mass is 9.95. The first-order valence-corrected chi connectivity index (χ1v) is 6.97. The molecule has 1 unspecified atom stereocenters. The van der Waals surface area contributed by atoms with Crippen LogP contribution in [0.15, 0.2) is 42.5 Å². The molecular formula is C17H18FNO. The number of halogens is 1. The van der Waals surface area contributed by atoms with Gasteiger partial charge in [0.25, 0.3) is 0 Å². The zero-order chi connectivity index (χ0) is 13.9. The van der Waals surface area contributed by atoms with E-state index < -0.39 is 0 Å². The highest BCUT2D eigenvalue weighted by Gasteiger charge is 2.19. The molecule has 0 bridgehead atoms. The molecule has 0 radical (unpaired) electrons. The summed E-state index contributed by atoms with van der Waals surface area (Å²) in [5.41, 5.74) is 4.22. The average molecular weight is 271 g/mol. The highest BCUT2D eigenvalue weighted by Crippen LogP contribution is 2.28. The fraction of sp³-hybridized carbons (Fsp3) is 0.294. The third-order valence-electron chi connectivity index (χ3n) is 3.70. The van der Waals surface area contributed by atoms with Crippen molar-refractivity contribution >= 4 is 0 Å². The Morgan fingerprint density at radius 1 is 1.15 bits per heavy atom. The molecule has 2 aromatic rings. The molecule has 1 heterocycles. The molecule has 0 aliphatic carbocycles. The molecule has 0 amide bonds. The van der Waals surface area contributed by atoms with Crippen LogP contribution in [-0.2, 0) is 18.0 Å². The van der Waals surface area contributed by atoms with Crippen molar-refractivity contribution in [3.63, 3.8) is 0 Å². The van der Waals surface area contributed by atoms with Gasteiger partial charge in [-0.2, -0.15) is 0 Å². The molecule has 1 atom stereocenters. The normalized spacial score (nSPS) is 15.1. The fourth-order valence-corrected chi connectivity index (χ4v) is 2.69. The van der Waals surface area contributed by atoms with Crippen molar-refractivity contribution in [3.05, 3.63) is 70.5 Å². The van der Waals surface area contributed by atoms with E-state index in [0.29, 0.717) is 18.8 Å². The molecule has 3 rings (SSSR count). The summed E-state index contributed by atoms with van der Waals surface area (Å²) in [5, 5.41) is 3.37. The minimum absolute atomic E-state index is 0.118. The van der Waals surface area contributed by atoms with E-state index in [-0.39, 0.29) is 11.9 Å². The van der Waals surface area contributed by atoms with Gasteiger partial charge in [0.2, 0.25) is 0 Å². The minimum Gasteiger partial charge on any atom is -0.372 e. The highest BCUT2D eigenvalue weighted by molar-refractivity contribution is 5.39. The lowest BCUT2D eigenvalue weighted by Gasteiger charge is -2.20. The van der Waals surface area contributed by atoms with Crippen LogP contribution in [0.25, 0.3) is 0 Å². The zero-order valence-corrected chi connectivity index (χ0v) is 11.5. The molecule has 104 valence electrons. The van der Waals surface area contributed by atoms with Gasteiger partial charge in [-0.25, -0.2) is 4.39 Å². The first-order chi connectivity index (χ1) is 9.79. The first-order valence-electron chi connectivity index (χ1n) is 6.97. The summed E-state index contributed by atoms with van der Waals surface area (Å²) < 4.78 is 19.5. The van der Waals surface area contributed by atoms with E-state index in [0.717, 1.165) is 12.1 Å². The number of hydrogen-bond donors (Lipinski definition) is 1. The summed E-state index contributed by atoms with van der Waals surface area (Å²) in [7, 11) is 0. The van der Waals surface area contributed by atoms with Gasteiger partial charge in [0, 0.05) is 5.56 Å². The van der Waals surface area contributed by atoms with Crippen molar-refractivity contribution in [1.82, 2.24) is 5.32 Å². The zero-order valence-electron chi connectivity index (χ0n) is 11.5. The van der Waals surface area contributed by atoms with Gasteiger partial charge in [-0.15, -0.1) is 0 Å². The van der Waals surface area contributed by atoms with Crippen LogP contribution < -0.4 is 5.32 Å². The summed E-state index contributed by atoms with van der Waals surface area (Å²) in [6, 6.07) is 13.1. The number of hydrogen-bond acceptors (Lipinski definition) is 2. The largest absolute Gasteiger partial charge is 0.372 e. The monoisotopic (exact) mass is 271 g/mol. The highest BCUT2D eigenvalue weighted by atomic mass is 19.1. The van der Waals surface area contributed by atoms with Crippen LogP contribution in [0.4, 0.5) is 4.39 Å². The van der Waals surface area contributed by atoms with E-state index in [9.17, 15) is 4.39 Å². The Bertz CT molecular complexity index is 612. The number of fused-ring (bicyclic) bond motifs is 1. The molecule has 20 heavy (non-hydrogen) atoms. The summed E-state index contributed by atoms with van der Waals surface area (Å²) in [6.07, 6.45) is 0. The molecule has 2 aromatic carbocycles. The topological polar surface area (TPSA) is 21.3 Å². The van der Waals surface area contributed by atoms with Gasteiger partial charge in [-0.3, -0.25) is 0 Å². The molecule has 1 aliphatic heterocycles. The van der Waals surface area contributed by atoms with Crippen LogP contribution in [0.1, 0.15) is 35.2 Å². The second-order valence-corrected chi connectivity index (χ2v) is 5.03. The summed E-state index contributed by atoms with van der Waals surface area (Å²) in [6.45, 7) is 4.15. The maximum atomic E-state index is 14.1. The second-order valence-electron chi connectivity index (χ2n) is 5.03. The molecule has 0 fully saturated rings. The SMILES string of the molecule is CCNC(c1ccc2c(c1)COC2)c1ccccc1F. The molecule has 0 saturated heterocycles. The Balaban J connectivity index is 2.01. The van der Waals surface area contributed by atoms with E-state index in [4.69, 9.17) is 4.74 Å². The van der Waals surface area contributed by atoms with E-state index in [1.54, 1.807) is 6.07 Å². The van der Waals surface area contributed by atoms with Gasteiger partial charge in [-0.1, -0.05) is 43.3 Å². The van der Waals surface area contributed by atoms with Crippen molar-refractivity contribution < 1.29 is 9.13 Å². The van der Waals surface area contributed by atoms with Crippen molar-refractivity contribution in [3.8, 4) is 0 Å². The van der Waals surface area contributed by atoms with Crippen molar-refractivity contribution in [2.75, 3.05) is 6.54 Å². The predicted octanol–water partition coefficient (Wildman–Crippen LogP) is 3.55. The van der Waals surface area contributed by atoms with Gasteiger partial charge in [-0.05, 0) is 29.3 Å². The maximum absolute atomic E-state index is 14.1. The van der Waals surface area contributed by atoms with Crippen LogP contribution in [-0.4, -0.2) is 6.54 Å². The maximum Gasteiger partial charge on any atom is 0.128 e. The number of nitrogens with one attached hydrogen (secondary N) is 1. The molecule has 0 saturated carbocycles. The van der Waals surface area contributed by atoms with E-state index >= 15 is 0 Å². The molecular weight excluding hydrogens is 253 g/mol. The Morgan fingerprint density at radius 2 is 1.95 bits per heavy atom. The van der Waals surface area contributed by atoms with Gasteiger partial charge in [0.1, 0.15) is 5.82 Å². The van der Waals surface area contributed by atoms with Gasteiger partial charge >= 0.3 is 0 Å². The molecule has 3 heteroatoms. The summed E-state index contributed by atoms with van der Waals surface area (Å²) in [5.74, 6) is -0.171. The summed E-state index contributed by atoms with van der Waals surface area (Å²) in [4.78, 5) is 0. The van der Waals surface area contributed by atoms with Crippen LogP contribution in [0.5, 0.6) is 0 Å². The van der Waals surface area contributed by atoms with Crippen molar-refractivity contribution in [1.29, 1.82) is 0 Å². The molecule has 0 spiro atoms. The van der Waals surface area contributed by atoms with Gasteiger partial charge in [0.05, 0.1) is 19.3 Å².